The number of carbonyl (C=O) groups excluding carboxylic acids is 1. The summed E-state index contributed by atoms with van der Waals surface area (Å²) in [6.45, 7) is 2.60. The van der Waals surface area contributed by atoms with E-state index in [0.29, 0.717) is 53.1 Å². The van der Waals surface area contributed by atoms with E-state index in [1.807, 2.05) is 47.8 Å². The zero-order valence-electron chi connectivity index (χ0n) is 23.4. The Morgan fingerprint density at radius 3 is 2.50 bits per heavy atom. The average Bonchev–Trinajstić information content (AvgIpc) is 3.82. The topological polar surface area (TPSA) is 158 Å². The van der Waals surface area contributed by atoms with Gasteiger partial charge in [0, 0.05) is 46.7 Å². The van der Waals surface area contributed by atoms with Gasteiger partial charge < -0.3 is 15.3 Å². The highest BCUT2D eigenvalue weighted by molar-refractivity contribution is 7.13. The lowest BCUT2D eigenvalue weighted by molar-refractivity contribution is -0.143. The van der Waals surface area contributed by atoms with Crippen LogP contribution in [0.25, 0.3) is 27.6 Å². The monoisotopic (exact) mass is 628 g/mol. The zero-order chi connectivity index (χ0) is 30.5. The number of benzene rings is 2. The van der Waals surface area contributed by atoms with Gasteiger partial charge >= 0.3 is 11.5 Å². The van der Waals surface area contributed by atoms with E-state index in [4.69, 9.17) is 5.11 Å². The molecule has 0 atom stereocenters. The maximum atomic E-state index is 13.5. The van der Waals surface area contributed by atoms with E-state index >= 15 is 0 Å². The van der Waals surface area contributed by atoms with Crippen LogP contribution in [0.3, 0.4) is 0 Å². The molecule has 14 heteroatoms. The van der Waals surface area contributed by atoms with Crippen LogP contribution >= 0.6 is 22.7 Å². The highest BCUT2D eigenvalue weighted by Crippen LogP contribution is 2.30. The van der Waals surface area contributed by atoms with Gasteiger partial charge in [-0.25, -0.2) is 9.97 Å². The largest absolute Gasteiger partial charge is 0.481 e. The maximum Gasteiger partial charge on any atom is 0.306 e. The molecule has 1 amide bonds. The Morgan fingerprint density at radius 2 is 1.80 bits per heavy atom. The first-order valence-electron chi connectivity index (χ1n) is 14.0. The van der Waals surface area contributed by atoms with E-state index in [-0.39, 0.29) is 23.1 Å². The number of aromatic amines is 1. The van der Waals surface area contributed by atoms with Gasteiger partial charge in [0.1, 0.15) is 0 Å². The third kappa shape index (κ3) is 6.56. The summed E-state index contributed by atoms with van der Waals surface area (Å²) in [5.74, 6) is -1.18. The lowest BCUT2D eigenvalue weighted by Crippen LogP contribution is -2.40. The number of aromatic nitrogens is 4. The van der Waals surface area contributed by atoms with Gasteiger partial charge in [0.05, 0.1) is 17.3 Å². The molecule has 0 spiro atoms. The van der Waals surface area contributed by atoms with Crippen molar-refractivity contribution in [3.8, 4) is 27.6 Å². The number of likely N-dealkylation sites (tertiary alicyclic amines) is 1. The number of amides is 1. The van der Waals surface area contributed by atoms with Crippen LogP contribution < -0.4 is 10.9 Å². The summed E-state index contributed by atoms with van der Waals surface area (Å²) < 4.78 is 1.36. The number of hydrogen-bond donors (Lipinski definition) is 3. The molecule has 3 aromatic heterocycles. The quantitative estimate of drug-likeness (QED) is 0.176. The lowest BCUT2D eigenvalue weighted by atomic mass is 9.97. The number of carbonyl (C=O) groups is 2. The number of carboxylic acids is 1. The molecule has 0 bridgehead atoms. The molecule has 1 saturated heterocycles. The molecule has 5 aromatic rings. The zero-order valence-corrected chi connectivity index (χ0v) is 25.1. The lowest BCUT2D eigenvalue weighted by Gasteiger charge is -2.29. The number of carboxylic acid groups (broad SMARTS) is 1. The molecule has 4 heterocycles. The van der Waals surface area contributed by atoms with Crippen molar-refractivity contribution < 1.29 is 14.7 Å². The fourth-order valence-electron chi connectivity index (χ4n) is 4.95. The first-order valence-corrected chi connectivity index (χ1v) is 15.7. The predicted molar refractivity (Wildman–Crippen MR) is 168 cm³/mol. The van der Waals surface area contributed by atoms with E-state index in [9.17, 15) is 14.4 Å². The summed E-state index contributed by atoms with van der Waals surface area (Å²) in [7, 11) is 0. The van der Waals surface area contributed by atoms with Crippen molar-refractivity contribution in [2.75, 3.05) is 26.2 Å². The summed E-state index contributed by atoms with van der Waals surface area (Å²) in [6, 6.07) is 16.6. The van der Waals surface area contributed by atoms with Crippen LogP contribution in [0.1, 0.15) is 23.2 Å². The maximum absolute atomic E-state index is 13.5. The summed E-state index contributed by atoms with van der Waals surface area (Å²) in [5.41, 5.74) is 3.06. The van der Waals surface area contributed by atoms with Crippen LogP contribution in [0.5, 0.6) is 0 Å². The van der Waals surface area contributed by atoms with Gasteiger partial charge in [-0.1, -0.05) is 42.5 Å². The van der Waals surface area contributed by atoms with E-state index in [0.717, 1.165) is 24.2 Å². The van der Waals surface area contributed by atoms with Crippen molar-refractivity contribution in [3.63, 3.8) is 0 Å². The van der Waals surface area contributed by atoms with E-state index in [2.05, 4.69) is 35.5 Å². The van der Waals surface area contributed by atoms with Gasteiger partial charge in [0.25, 0.3) is 5.91 Å². The van der Waals surface area contributed by atoms with Gasteiger partial charge in [0.2, 0.25) is 10.3 Å². The summed E-state index contributed by atoms with van der Waals surface area (Å²) in [6.07, 6.45) is 2.89. The predicted octanol–water partition coefficient (Wildman–Crippen LogP) is 5.35. The molecule has 3 N–H and O–H groups in total. The van der Waals surface area contributed by atoms with Crippen molar-refractivity contribution in [3.05, 3.63) is 87.5 Å². The third-order valence-electron chi connectivity index (χ3n) is 7.36. The number of nitrogens with zero attached hydrogens (tertiary/aromatic N) is 6. The second kappa shape index (κ2) is 13.2. The molecule has 1 aliphatic rings. The minimum absolute atomic E-state index is 0.156. The normalized spacial score (nSPS) is 14.3. The number of aliphatic carboxylic acids is 1. The number of H-pyrrole nitrogens is 1. The third-order valence-corrected chi connectivity index (χ3v) is 8.84. The minimum atomic E-state index is -0.731. The highest BCUT2D eigenvalue weighted by Gasteiger charge is 2.24. The number of nitrogens with one attached hydrogen (secondary N) is 2. The van der Waals surface area contributed by atoms with E-state index in [1.165, 1.54) is 27.4 Å². The van der Waals surface area contributed by atoms with Gasteiger partial charge in [-0.3, -0.25) is 19.5 Å². The first-order chi connectivity index (χ1) is 21.5. The molecule has 0 saturated carbocycles. The molecule has 0 unspecified atom stereocenters. The van der Waals surface area contributed by atoms with Crippen LogP contribution in [0.2, 0.25) is 0 Å². The molecule has 2 aromatic carbocycles. The summed E-state index contributed by atoms with van der Waals surface area (Å²) in [4.78, 5) is 48.3. The molecule has 0 aliphatic carbocycles. The second-order valence-corrected chi connectivity index (χ2v) is 11.9. The number of hydrogen-bond acceptors (Lipinski definition) is 10. The summed E-state index contributed by atoms with van der Waals surface area (Å²) in [5, 5.41) is 28.1. The molecule has 1 fully saturated rings. The Balaban J connectivity index is 1.14. The Kier molecular flexibility index (Phi) is 8.81. The molecule has 44 heavy (non-hydrogen) atoms. The van der Waals surface area contributed by atoms with Crippen molar-refractivity contribution in [1.82, 2.24) is 30.0 Å². The Bertz CT molecular complexity index is 1820. The van der Waals surface area contributed by atoms with Gasteiger partial charge in [-0.15, -0.1) is 32.9 Å². The van der Waals surface area contributed by atoms with Crippen molar-refractivity contribution >= 4 is 45.4 Å². The number of piperidine rings is 1. The Hall–Kier alpha value is -4.79. The van der Waals surface area contributed by atoms with Crippen LogP contribution in [-0.2, 0) is 4.79 Å². The average molecular weight is 629 g/mol. The van der Waals surface area contributed by atoms with Crippen LogP contribution in [-0.4, -0.2) is 67.8 Å². The van der Waals surface area contributed by atoms with Gasteiger partial charge in [0.15, 0.2) is 5.69 Å². The summed E-state index contributed by atoms with van der Waals surface area (Å²) >= 11 is 2.63. The molecular formula is C30H28N8O4S2. The van der Waals surface area contributed by atoms with Gasteiger partial charge in [-0.2, -0.15) is 4.68 Å². The smallest absolute Gasteiger partial charge is 0.306 e. The van der Waals surface area contributed by atoms with E-state index in [1.54, 1.807) is 23.7 Å². The number of azo groups is 1. The second-order valence-electron chi connectivity index (χ2n) is 10.2. The molecule has 6 rings (SSSR count). The fourth-order valence-corrected chi connectivity index (χ4v) is 6.19. The SMILES string of the molecule is O=C(NCCN1CCC(C(=O)O)CC1)c1ccc(-c2csc(-n3[nH]c(-c4ccccc4)c(N=Nc4nccs4)c3=O)n2)cc1. The molecule has 224 valence electrons. The van der Waals surface area contributed by atoms with Crippen LogP contribution in [0.4, 0.5) is 10.8 Å². The fraction of sp³-hybridized carbons (Fsp3) is 0.233. The van der Waals surface area contributed by atoms with Crippen molar-refractivity contribution in [2.24, 2.45) is 16.1 Å². The minimum Gasteiger partial charge on any atom is -0.481 e. The molecule has 1 aliphatic heterocycles. The van der Waals surface area contributed by atoms with E-state index < -0.39 is 5.97 Å². The van der Waals surface area contributed by atoms with Crippen LogP contribution in [0, 0.1) is 5.92 Å². The highest BCUT2D eigenvalue weighted by atomic mass is 32.1. The van der Waals surface area contributed by atoms with Crippen molar-refractivity contribution in [1.29, 1.82) is 0 Å². The number of rotatable bonds is 10. The molecule has 0 radical (unpaired) electrons. The molecular weight excluding hydrogens is 601 g/mol. The standard InChI is InChI=1S/C30H28N8O4S2/c39-26(31-12-16-37-14-10-22(11-15-37)28(41)42)21-8-6-19(7-9-21)23-18-44-30(33-23)38-27(40)25(34-35-29-32-13-17-43-29)24(36-38)20-4-2-1-3-5-20/h1-9,13,17-18,22,36H,10-12,14-16H2,(H,31,39)(H,41,42). The van der Waals surface area contributed by atoms with Crippen molar-refractivity contribution in [2.45, 2.75) is 12.8 Å². The first kappa shape index (κ1) is 29.3. The molecule has 12 nitrogen and oxygen atoms in total. The van der Waals surface area contributed by atoms with Gasteiger partial charge in [-0.05, 0) is 38.1 Å². The number of thiazole rings is 2. The van der Waals surface area contributed by atoms with Crippen LogP contribution in [0.15, 0.2) is 86.6 Å². The Labute approximate surface area is 259 Å². The Morgan fingerprint density at radius 1 is 1.02 bits per heavy atom.